The largest absolute Gasteiger partial charge is 0.379 e. The third-order valence-corrected chi connectivity index (χ3v) is 5.16. The van der Waals surface area contributed by atoms with Gasteiger partial charge in [0, 0.05) is 31.5 Å². The standard InChI is InChI=1S/C19H20N8O/c1-11-9-27(15-3-2-12(6-20)7-22-15)5-4-14(11)26-16-13(18(21)28)8-23-19-17(16)24-10-25-19/h2-3,7-8,10-11,14H,4-5,9H2,1H3,(H2,21,28)(H2,23,24,25,26)/t11-,14+/m0/s1. The van der Waals surface area contributed by atoms with Gasteiger partial charge < -0.3 is 20.9 Å². The number of piperidine rings is 1. The molecule has 2 atom stereocenters. The van der Waals surface area contributed by atoms with Gasteiger partial charge in [-0.25, -0.2) is 15.0 Å². The summed E-state index contributed by atoms with van der Waals surface area (Å²) in [5.74, 6) is 0.624. The number of pyridine rings is 2. The van der Waals surface area contributed by atoms with E-state index < -0.39 is 5.91 Å². The van der Waals surface area contributed by atoms with E-state index in [1.54, 1.807) is 18.6 Å². The highest BCUT2D eigenvalue weighted by Crippen LogP contribution is 2.29. The Morgan fingerprint density at radius 2 is 2.21 bits per heavy atom. The number of nitrogens with one attached hydrogen (secondary N) is 2. The highest BCUT2D eigenvalue weighted by molar-refractivity contribution is 6.04. The Hall–Kier alpha value is -3.67. The van der Waals surface area contributed by atoms with Gasteiger partial charge >= 0.3 is 0 Å². The summed E-state index contributed by atoms with van der Waals surface area (Å²) < 4.78 is 0. The van der Waals surface area contributed by atoms with Crippen molar-refractivity contribution in [2.75, 3.05) is 23.3 Å². The number of nitrogens with two attached hydrogens (primary N) is 1. The molecule has 0 aliphatic carbocycles. The Balaban J connectivity index is 1.54. The molecule has 3 aromatic rings. The van der Waals surface area contributed by atoms with Crippen LogP contribution >= 0.6 is 0 Å². The first-order chi connectivity index (χ1) is 13.6. The van der Waals surface area contributed by atoms with Crippen molar-refractivity contribution in [3.8, 4) is 6.07 Å². The number of aromatic amines is 1. The van der Waals surface area contributed by atoms with Crippen LogP contribution in [0.5, 0.6) is 0 Å². The second kappa shape index (κ2) is 7.15. The van der Waals surface area contributed by atoms with Gasteiger partial charge in [-0.05, 0) is 24.5 Å². The molecule has 1 aliphatic rings. The molecule has 1 aliphatic heterocycles. The molecule has 28 heavy (non-hydrogen) atoms. The van der Waals surface area contributed by atoms with Gasteiger partial charge in [0.05, 0.1) is 23.1 Å². The molecule has 0 bridgehead atoms. The SMILES string of the molecule is C[C@H]1CN(c2ccc(C#N)cn2)CC[C@H]1Nc1c(C(N)=O)cnc2nc[nH]c12. The lowest BCUT2D eigenvalue weighted by atomic mass is 9.93. The molecule has 0 saturated carbocycles. The van der Waals surface area contributed by atoms with Crippen molar-refractivity contribution in [3.63, 3.8) is 0 Å². The highest BCUT2D eigenvalue weighted by Gasteiger charge is 2.28. The molecule has 9 heteroatoms. The van der Waals surface area contributed by atoms with E-state index in [-0.39, 0.29) is 12.0 Å². The Labute approximate surface area is 161 Å². The Morgan fingerprint density at radius 1 is 1.36 bits per heavy atom. The van der Waals surface area contributed by atoms with E-state index in [4.69, 9.17) is 11.0 Å². The number of anilines is 2. The molecule has 0 aromatic carbocycles. The van der Waals surface area contributed by atoms with Crippen molar-refractivity contribution in [2.45, 2.75) is 19.4 Å². The van der Waals surface area contributed by atoms with Crippen LogP contribution in [0.25, 0.3) is 11.2 Å². The maximum Gasteiger partial charge on any atom is 0.252 e. The van der Waals surface area contributed by atoms with Gasteiger partial charge in [0.15, 0.2) is 5.65 Å². The van der Waals surface area contributed by atoms with Crippen LogP contribution in [0.2, 0.25) is 0 Å². The second-order valence-corrected chi connectivity index (χ2v) is 6.99. The zero-order valence-electron chi connectivity index (χ0n) is 15.4. The topological polar surface area (TPSA) is 137 Å². The van der Waals surface area contributed by atoms with Gasteiger partial charge in [-0.3, -0.25) is 4.79 Å². The summed E-state index contributed by atoms with van der Waals surface area (Å²) in [6, 6.07) is 5.90. The number of H-pyrrole nitrogens is 1. The van der Waals surface area contributed by atoms with Crippen molar-refractivity contribution in [1.29, 1.82) is 5.26 Å². The van der Waals surface area contributed by atoms with Crippen LogP contribution in [0.1, 0.15) is 29.3 Å². The second-order valence-electron chi connectivity index (χ2n) is 6.99. The summed E-state index contributed by atoms with van der Waals surface area (Å²) in [5.41, 5.74) is 8.31. The van der Waals surface area contributed by atoms with Gasteiger partial charge in [-0.15, -0.1) is 0 Å². The fourth-order valence-corrected chi connectivity index (χ4v) is 3.62. The quantitative estimate of drug-likeness (QED) is 0.629. The van der Waals surface area contributed by atoms with E-state index in [0.717, 1.165) is 25.3 Å². The van der Waals surface area contributed by atoms with E-state index in [0.29, 0.717) is 28.0 Å². The molecule has 4 N–H and O–H groups in total. The minimum atomic E-state index is -0.529. The third-order valence-electron chi connectivity index (χ3n) is 5.16. The predicted octanol–water partition coefficient (Wildman–Crippen LogP) is 1.65. The molecule has 9 nitrogen and oxygen atoms in total. The molecule has 1 fully saturated rings. The van der Waals surface area contributed by atoms with Crippen LogP contribution in [-0.2, 0) is 0 Å². The average Bonchev–Trinajstić information content (AvgIpc) is 3.18. The highest BCUT2D eigenvalue weighted by atomic mass is 16.1. The number of primary amides is 1. The number of carbonyl (C=O) groups excluding carboxylic acids is 1. The first kappa shape index (κ1) is 17.7. The molecule has 0 radical (unpaired) electrons. The molecular formula is C19H20N8O. The summed E-state index contributed by atoms with van der Waals surface area (Å²) in [7, 11) is 0. The molecule has 1 amide bonds. The van der Waals surface area contributed by atoms with Crippen LogP contribution in [-0.4, -0.2) is 45.0 Å². The maximum absolute atomic E-state index is 11.9. The minimum absolute atomic E-state index is 0.154. The van der Waals surface area contributed by atoms with Crippen LogP contribution in [0.15, 0.2) is 30.9 Å². The van der Waals surface area contributed by atoms with E-state index in [2.05, 4.69) is 43.1 Å². The zero-order chi connectivity index (χ0) is 19.7. The van der Waals surface area contributed by atoms with Crippen molar-refractivity contribution in [3.05, 3.63) is 42.0 Å². The molecular weight excluding hydrogens is 356 g/mol. The lowest BCUT2D eigenvalue weighted by Crippen LogP contribution is -2.45. The van der Waals surface area contributed by atoms with Gasteiger partial charge in [-0.2, -0.15) is 5.26 Å². The first-order valence-corrected chi connectivity index (χ1v) is 9.06. The predicted molar refractivity (Wildman–Crippen MR) is 105 cm³/mol. The van der Waals surface area contributed by atoms with Gasteiger partial charge in [0.1, 0.15) is 17.4 Å². The van der Waals surface area contributed by atoms with E-state index in [9.17, 15) is 4.79 Å². The molecule has 4 rings (SSSR count). The molecule has 4 heterocycles. The molecule has 0 spiro atoms. The lowest BCUT2D eigenvalue weighted by molar-refractivity contribution is 0.100. The van der Waals surface area contributed by atoms with Crippen LogP contribution in [0.4, 0.5) is 11.5 Å². The number of imidazole rings is 1. The van der Waals surface area contributed by atoms with Crippen LogP contribution < -0.4 is 16.0 Å². The lowest BCUT2D eigenvalue weighted by Gasteiger charge is -2.38. The molecule has 142 valence electrons. The third kappa shape index (κ3) is 3.20. The Bertz CT molecular complexity index is 1050. The number of nitriles is 1. The number of aromatic nitrogens is 4. The fraction of sp³-hybridized carbons (Fsp3) is 0.316. The van der Waals surface area contributed by atoms with Crippen molar-refractivity contribution >= 4 is 28.6 Å². The Morgan fingerprint density at radius 3 is 2.89 bits per heavy atom. The number of rotatable bonds is 4. The average molecular weight is 376 g/mol. The monoisotopic (exact) mass is 376 g/mol. The van der Waals surface area contributed by atoms with Gasteiger partial charge in [-0.1, -0.05) is 6.92 Å². The summed E-state index contributed by atoms with van der Waals surface area (Å²) in [4.78, 5) is 29.8. The Kier molecular flexibility index (Phi) is 4.53. The smallest absolute Gasteiger partial charge is 0.252 e. The van der Waals surface area contributed by atoms with Gasteiger partial charge in [0.25, 0.3) is 5.91 Å². The summed E-state index contributed by atoms with van der Waals surface area (Å²) in [6.45, 7) is 3.77. The summed E-state index contributed by atoms with van der Waals surface area (Å²) in [5, 5.41) is 12.4. The van der Waals surface area contributed by atoms with Crippen molar-refractivity contribution in [1.82, 2.24) is 19.9 Å². The minimum Gasteiger partial charge on any atom is -0.379 e. The van der Waals surface area contributed by atoms with E-state index in [1.807, 2.05) is 6.07 Å². The fourth-order valence-electron chi connectivity index (χ4n) is 3.62. The van der Waals surface area contributed by atoms with Crippen LogP contribution in [0.3, 0.4) is 0 Å². The zero-order valence-corrected chi connectivity index (χ0v) is 15.4. The number of carbonyl (C=O) groups is 1. The number of nitrogens with zero attached hydrogens (tertiary/aromatic N) is 5. The maximum atomic E-state index is 11.9. The first-order valence-electron chi connectivity index (χ1n) is 9.06. The number of hydrogen-bond donors (Lipinski definition) is 3. The van der Waals surface area contributed by atoms with Crippen LogP contribution in [0, 0.1) is 17.2 Å². The number of hydrogen-bond acceptors (Lipinski definition) is 7. The summed E-state index contributed by atoms with van der Waals surface area (Å²) >= 11 is 0. The van der Waals surface area contributed by atoms with E-state index in [1.165, 1.54) is 6.20 Å². The van der Waals surface area contributed by atoms with Crippen molar-refractivity contribution < 1.29 is 4.79 Å². The molecule has 3 aromatic heterocycles. The molecule has 1 saturated heterocycles. The molecule has 0 unspecified atom stereocenters. The van der Waals surface area contributed by atoms with E-state index >= 15 is 0 Å². The van der Waals surface area contributed by atoms with Crippen molar-refractivity contribution in [2.24, 2.45) is 11.7 Å². The summed E-state index contributed by atoms with van der Waals surface area (Å²) in [6.07, 6.45) is 5.47. The van der Waals surface area contributed by atoms with Gasteiger partial charge in [0.2, 0.25) is 0 Å². The number of fused-ring (bicyclic) bond motifs is 1. The number of amides is 1. The normalized spacial score (nSPS) is 19.4.